The molecule has 3 heteroatoms. The van der Waals surface area contributed by atoms with Crippen molar-refractivity contribution in [3.63, 3.8) is 0 Å². The third-order valence-electron chi connectivity index (χ3n) is 5.29. The highest BCUT2D eigenvalue weighted by Gasteiger charge is 2.16. The average molecular weight is 402 g/mol. The number of carbonyl (C=O) groups is 1. The Labute approximate surface area is 180 Å². The van der Waals surface area contributed by atoms with Crippen LogP contribution in [0.25, 0.3) is 0 Å². The van der Waals surface area contributed by atoms with E-state index in [1.54, 1.807) is 0 Å². The lowest BCUT2D eigenvalue weighted by Gasteiger charge is -2.21. The molecule has 0 unspecified atom stereocenters. The van der Waals surface area contributed by atoms with Crippen molar-refractivity contribution in [3.8, 4) is 0 Å². The van der Waals surface area contributed by atoms with Gasteiger partial charge in [0, 0.05) is 6.04 Å². The van der Waals surface area contributed by atoms with Gasteiger partial charge in [0.05, 0.1) is 0 Å². The van der Waals surface area contributed by atoms with Gasteiger partial charge in [-0.25, -0.2) is 4.79 Å². The van der Waals surface area contributed by atoms with Gasteiger partial charge in [0.25, 0.3) is 0 Å². The zero-order chi connectivity index (χ0) is 21.0. The Kier molecular flexibility index (Phi) is 8.52. The van der Waals surface area contributed by atoms with Crippen molar-refractivity contribution < 1.29 is 9.53 Å². The first-order chi connectivity index (χ1) is 14.7. The summed E-state index contributed by atoms with van der Waals surface area (Å²) in [5.74, 6) is 0.549. The number of alkyl carbamates (subject to hydrolysis) is 1. The van der Waals surface area contributed by atoms with Crippen LogP contribution in [0.3, 0.4) is 0 Å². The van der Waals surface area contributed by atoms with Crippen molar-refractivity contribution in [2.75, 3.05) is 0 Å². The lowest BCUT2D eigenvalue weighted by molar-refractivity contribution is 0.134. The van der Waals surface area contributed by atoms with Crippen LogP contribution in [0, 0.1) is 5.92 Å². The lowest BCUT2D eigenvalue weighted by atomic mass is 9.93. The minimum atomic E-state index is -0.351. The highest BCUT2D eigenvalue weighted by atomic mass is 16.5. The number of rotatable bonds is 10. The van der Waals surface area contributed by atoms with Gasteiger partial charge in [-0.3, -0.25) is 0 Å². The molecule has 2 atom stereocenters. The maximum absolute atomic E-state index is 12.4. The highest BCUT2D eigenvalue weighted by Crippen LogP contribution is 2.17. The first kappa shape index (κ1) is 21.6. The number of benzene rings is 3. The van der Waals surface area contributed by atoms with Gasteiger partial charge in [-0.1, -0.05) is 97.9 Å². The summed E-state index contributed by atoms with van der Waals surface area (Å²) in [6.07, 6.45) is 3.47. The molecule has 0 fully saturated rings. The maximum atomic E-state index is 12.4. The van der Waals surface area contributed by atoms with Crippen molar-refractivity contribution in [2.24, 2.45) is 5.92 Å². The molecule has 1 N–H and O–H groups in total. The number of hydrogen-bond acceptors (Lipinski definition) is 2. The molecule has 0 radical (unpaired) electrons. The van der Waals surface area contributed by atoms with E-state index < -0.39 is 0 Å². The molecule has 0 aromatic heterocycles. The zero-order valence-corrected chi connectivity index (χ0v) is 17.7. The predicted octanol–water partition coefficient (Wildman–Crippen LogP) is 6.18. The summed E-state index contributed by atoms with van der Waals surface area (Å²) in [5.41, 5.74) is 3.57. The molecule has 0 aliphatic rings. The van der Waals surface area contributed by atoms with E-state index in [1.165, 1.54) is 11.1 Å². The molecule has 30 heavy (non-hydrogen) atoms. The number of carbonyl (C=O) groups excluding carboxylic acids is 1. The van der Waals surface area contributed by atoms with E-state index in [1.807, 2.05) is 48.5 Å². The van der Waals surface area contributed by atoms with Gasteiger partial charge in [0.1, 0.15) is 6.61 Å². The second kappa shape index (κ2) is 11.8. The minimum absolute atomic E-state index is 0.0499. The second-order valence-corrected chi connectivity index (χ2v) is 7.96. The van der Waals surface area contributed by atoms with E-state index in [9.17, 15) is 4.79 Å². The quantitative estimate of drug-likeness (QED) is 0.440. The molecule has 0 aliphatic carbocycles. The van der Waals surface area contributed by atoms with Crippen molar-refractivity contribution in [3.05, 3.63) is 108 Å². The van der Waals surface area contributed by atoms with E-state index in [0.29, 0.717) is 5.92 Å². The van der Waals surface area contributed by atoms with Gasteiger partial charge in [0.15, 0.2) is 0 Å². The minimum Gasteiger partial charge on any atom is -0.445 e. The van der Waals surface area contributed by atoms with Crippen LogP contribution in [0.4, 0.5) is 4.79 Å². The van der Waals surface area contributed by atoms with E-state index in [2.05, 4.69) is 54.7 Å². The molecule has 0 saturated heterocycles. The molecule has 0 heterocycles. The topological polar surface area (TPSA) is 38.3 Å². The number of amides is 1. The zero-order valence-electron chi connectivity index (χ0n) is 17.7. The Morgan fingerprint density at radius 2 is 1.23 bits per heavy atom. The van der Waals surface area contributed by atoms with E-state index >= 15 is 0 Å². The molecule has 1 amide bonds. The predicted molar refractivity (Wildman–Crippen MR) is 122 cm³/mol. The molecule has 0 saturated carbocycles. The Morgan fingerprint density at radius 1 is 0.733 bits per heavy atom. The molecule has 0 bridgehead atoms. The van der Waals surface area contributed by atoms with Crippen LogP contribution in [0.15, 0.2) is 91.0 Å². The fourth-order valence-electron chi connectivity index (χ4n) is 3.66. The molecule has 156 valence electrons. The summed E-state index contributed by atoms with van der Waals surface area (Å²) in [6, 6.07) is 30.7. The van der Waals surface area contributed by atoms with Crippen molar-refractivity contribution in [1.82, 2.24) is 5.32 Å². The van der Waals surface area contributed by atoms with Crippen LogP contribution < -0.4 is 5.32 Å². The molecular formula is C27H31NO2. The number of nitrogens with one attached hydrogen (secondary N) is 1. The summed E-state index contributed by atoms with van der Waals surface area (Å²) in [7, 11) is 0. The standard InChI is InChI=1S/C27H31NO2/c1-22(19-23-11-5-2-6-12-23)17-18-26(20-24-13-7-3-8-14-24)28-27(29)30-21-25-15-9-4-10-16-25/h2-16,22,26H,17-21H2,1H3,(H,28,29)/t22-,26-/m1/s1. The summed E-state index contributed by atoms with van der Waals surface area (Å²) < 4.78 is 5.45. The Hall–Kier alpha value is -3.07. The average Bonchev–Trinajstić information content (AvgIpc) is 2.78. The first-order valence-corrected chi connectivity index (χ1v) is 10.7. The van der Waals surface area contributed by atoms with Crippen molar-refractivity contribution in [1.29, 1.82) is 0 Å². The summed E-state index contributed by atoms with van der Waals surface area (Å²) in [5, 5.41) is 3.09. The maximum Gasteiger partial charge on any atom is 0.407 e. The molecule has 3 rings (SSSR count). The fourth-order valence-corrected chi connectivity index (χ4v) is 3.66. The van der Waals surface area contributed by atoms with Crippen LogP contribution in [0.2, 0.25) is 0 Å². The smallest absolute Gasteiger partial charge is 0.407 e. The molecule has 0 aliphatic heterocycles. The Bertz CT molecular complexity index is 865. The van der Waals surface area contributed by atoms with E-state index in [4.69, 9.17) is 4.74 Å². The normalized spacial score (nSPS) is 12.7. The molecule has 3 aromatic rings. The van der Waals surface area contributed by atoms with Crippen LogP contribution in [0.5, 0.6) is 0 Å². The van der Waals surface area contributed by atoms with Crippen LogP contribution in [0.1, 0.15) is 36.5 Å². The van der Waals surface area contributed by atoms with Gasteiger partial charge in [0.2, 0.25) is 0 Å². The Morgan fingerprint density at radius 3 is 1.80 bits per heavy atom. The van der Waals surface area contributed by atoms with Crippen LogP contribution in [-0.2, 0) is 24.2 Å². The Balaban J connectivity index is 1.53. The van der Waals surface area contributed by atoms with Gasteiger partial charge in [-0.15, -0.1) is 0 Å². The fraction of sp³-hybridized carbons (Fsp3) is 0.296. The van der Waals surface area contributed by atoms with Crippen molar-refractivity contribution in [2.45, 2.75) is 45.3 Å². The second-order valence-electron chi connectivity index (χ2n) is 7.96. The third-order valence-corrected chi connectivity index (χ3v) is 5.29. The lowest BCUT2D eigenvalue weighted by Crippen LogP contribution is -2.37. The van der Waals surface area contributed by atoms with Gasteiger partial charge in [-0.2, -0.15) is 0 Å². The van der Waals surface area contributed by atoms with Gasteiger partial charge < -0.3 is 10.1 Å². The largest absolute Gasteiger partial charge is 0.445 e. The third kappa shape index (κ3) is 7.75. The summed E-state index contributed by atoms with van der Waals surface area (Å²) >= 11 is 0. The van der Waals surface area contributed by atoms with Gasteiger partial charge in [-0.05, 0) is 48.3 Å². The van der Waals surface area contributed by atoms with E-state index in [0.717, 1.165) is 31.2 Å². The number of ether oxygens (including phenoxy) is 1. The van der Waals surface area contributed by atoms with Crippen LogP contribution in [-0.4, -0.2) is 12.1 Å². The van der Waals surface area contributed by atoms with Gasteiger partial charge >= 0.3 is 6.09 Å². The summed E-state index contributed by atoms with van der Waals surface area (Å²) in [6.45, 7) is 2.56. The highest BCUT2D eigenvalue weighted by molar-refractivity contribution is 5.67. The molecule has 0 spiro atoms. The SMILES string of the molecule is C[C@H](CC[C@H](Cc1ccccc1)NC(=O)OCc1ccccc1)Cc1ccccc1. The van der Waals surface area contributed by atoms with Crippen molar-refractivity contribution >= 4 is 6.09 Å². The van der Waals surface area contributed by atoms with E-state index in [-0.39, 0.29) is 18.7 Å². The summed E-state index contributed by atoms with van der Waals surface area (Å²) in [4.78, 5) is 12.4. The molecular weight excluding hydrogens is 370 g/mol. The van der Waals surface area contributed by atoms with Crippen LogP contribution >= 0.6 is 0 Å². The first-order valence-electron chi connectivity index (χ1n) is 10.7. The number of hydrogen-bond donors (Lipinski definition) is 1. The monoisotopic (exact) mass is 401 g/mol. The molecule has 3 nitrogen and oxygen atoms in total. The molecule has 3 aromatic carbocycles.